The molecule has 0 spiro atoms. The van der Waals surface area contributed by atoms with E-state index in [0.29, 0.717) is 0 Å². The zero-order valence-corrected chi connectivity index (χ0v) is 11.5. The van der Waals surface area contributed by atoms with Gasteiger partial charge in [0.2, 0.25) is 0 Å². The van der Waals surface area contributed by atoms with Crippen LogP contribution in [0.25, 0.3) is 0 Å². The van der Waals surface area contributed by atoms with Crippen molar-refractivity contribution in [3.8, 4) is 0 Å². The van der Waals surface area contributed by atoms with Gasteiger partial charge in [-0.2, -0.15) is 11.3 Å². The fourth-order valence-electron chi connectivity index (χ4n) is 3.61. The number of rotatable bonds is 6. The van der Waals surface area contributed by atoms with Crippen LogP contribution in [0.2, 0.25) is 0 Å². The molecule has 0 bridgehead atoms. The zero-order chi connectivity index (χ0) is 11.7. The van der Waals surface area contributed by atoms with E-state index in [1.807, 2.05) is 11.3 Å². The number of hydrogen-bond donors (Lipinski definition) is 1. The molecule has 94 valence electrons. The molecule has 2 saturated carbocycles. The van der Waals surface area contributed by atoms with E-state index in [1.165, 1.54) is 31.2 Å². The molecule has 2 aliphatic carbocycles. The largest absolute Gasteiger partial charge is 0.314 e. The molecule has 1 nitrogen and oxygen atoms in total. The Labute approximate surface area is 109 Å². The molecule has 3 unspecified atom stereocenters. The van der Waals surface area contributed by atoms with Crippen molar-refractivity contribution in [1.82, 2.24) is 5.32 Å². The summed E-state index contributed by atoms with van der Waals surface area (Å²) >= 11 is 1.82. The van der Waals surface area contributed by atoms with E-state index >= 15 is 0 Å². The monoisotopic (exact) mass is 249 g/mol. The summed E-state index contributed by atoms with van der Waals surface area (Å²) in [6.45, 7) is 3.37. The Kier molecular flexibility index (Phi) is 3.53. The van der Waals surface area contributed by atoms with Crippen LogP contribution in [-0.2, 0) is 6.42 Å². The number of thiophene rings is 1. The molecule has 1 aromatic heterocycles. The molecule has 1 heterocycles. The van der Waals surface area contributed by atoms with Gasteiger partial charge in [0.15, 0.2) is 0 Å². The summed E-state index contributed by atoms with van der Waals surface area (Å²) in [5.74, 6) is 3.20. The molecular weight excluding hydrogens is 226 g/mol. The average molecular weight is 249 g/mol. The number of aryl methyl sites for hydroxylation is 1. The van der Waals surface area contributed by atoms with E-state index in [0.717, 1.165) is 30.3 Å². The van der Waals surface area contributed by atoms with E-state index in [2.05, 4.69) is 29.1 Å². The highest BCUT2D eigenvalue weighted by Gasteiger charge is 2.47. The van der Waals surface area contributed by atoms with Gasteiger partial charge in [-0.1, -0.05) is 6.92 Å². The summed E-state index contributed by atoms with van der Waals surface area (Å²) in [7, 11) is 0. The van der Waals surface area contributed by atoms with Crippen LogP contribution in [0.15, 0.2) is 16.8 Å². The molecule has 1 aromatic rings. The lowest BCUT2D eigenvalue weighted by Gasteiger charge is -2.25. The molecule has 1 N–H and O–H groups in total. The smallest absolute Gasteiger partial charge is 0.00985 e. The quantitative estimate of drug-likeness (QED) is 0.810. The Bertz CT molecular complexity index is 336. The average Bonchev–Trinajstić information content (AvgIpc) is 2.81. The molecule has 0 amide bonds. The SMILES string of the molecule is CCNC(CCc1ccsc1)C1CC2CC2C1. The third-order valence-electron chi connectivity index (χ3n) is 4.64. The molecule has 2 heteroatoms. The number of nitrogens with one attached hydrogen (secondary N) is 1. The highest BCUT2D eigenvalue weighted by atomic mass is 32.1. The Morgan fingerprint density at radius 1 is 1.35 bits per heavy atom. The number of fused-ring (bicyclic) bond motifs is 1. The van der Waals surface area contributed by atoms with Crippen molar-refractivity contribution in [3.05, 3.63) is 22.4 Å². The lowest BCUT2D eigenvalue weighted by molar-refractivity contribution is 0.323. The van der Waals surface area contributed by atoms with Crippen LogP contribution >= 0.6 is 11.3 Å². The Balaban J connectivity index is 1.52. The Morgan fingerprint density at radius 2 is 2.18 bits per heavy atom. The summed E-state index contributed by atoms with van der Waals surface area (Å²) in [6.07, 6.45) is 7.14. The topological polar surface area (TPSA) is 12.0 Å². The highest BCUT2D eigenvalue weighted by Crippen LogP contribution is 2.55. The van der Waals surface area contributed by atoms with E-state index in [1.54, 1.807) is 6.42 Å². The summed E-state index contributed by atoms with van der Waals surface area (Å²) in [5, 5.41) is 8.23. The van der Waals surface area contributed by atoms with Crippen molar-refractivity contribution in [2.24, 2.45) is 17.8 Å². The standard InChI is InChI=1S/C15H23NS/c1-2-16-15(4-3-11-5-6-17-10-11)14-8-12-7-13(12)9-14/h5-6,10,12-16H,2-4,7-9H2,1H3. The van der Waals surface area contributed by atoms with Gasteiger partial charge in [0.25, 0.3) is 0 Å². The molecule has 3 rings (SSSR count). The van der Waals surface area contributed by atoms with Gasteiger partial charge in [0.05, 0.1) is 0 Å². The molecule has 0 saturated heterocycles. The minimum Gasteiger partial charge on any atom is -0.314 e. The zero-order valence-electron chi connectivity index (χ0n) is 10.7. The molecule has 3 atom stereocenters. The van der Waals surface area contributed by atoms with Gasteiger partial charge in [0.1, 0.15) is 0 Å². The third kappa shape index (κ3) is 2.74. The maximum atomic E-state index is 3.73. The Morgan fingerprint density at radius 3 is 2.82 bits per heavy atom. The first-order valence-electron chi connectivity index (χ1n) is 7.11. The first kappa shape index (κ1) is 11.7. The van der Waals surface area contributed by atoms with E-state index in [-0.39, 0.29) is 0 Å². The molecule has 17 heavy (non-hydrogen) atoms. The molecule has 0 aliphatic heterocycles. The number of hydrogen-bond acceptors (Lipinski definition) is 2. The van der Waals surface area contributed by atoms with Crippen LogP contribution < -0.4 is 5.32 Å². The van der Waals surface area contributed by atoms with Gasteiger partial charge < -0.3 is 5.32 Å². The first-order chi connectivity index (χ1) is 8.36. The van der Waals surface area contributed by atoms with Crippen molar-refractivity contribution >= 4 is 11.3 Å². The molecule has 0 aromatic carbocycles. The summed E-state index contributed by atoms with van der Waals surface area (Å²) in [4.78, 5) is 0. The van der Waals surface area contributed by atoms with Crippen LogP contribution in [0.4, 0.5) is 0 Å². The van der Waals surface area contributed by atoms with Crippen molar-refractivity contribution in [3.63, 3.8) is 0 Å². The van der Waals surface area contributed by atoms with Gasteiger partial charge in [-0.15, -0.1) is 0 Å². The fourth-order valence-corrected chi connectivity index (χ4v) is 4.32. The van der Waals surface area contributed by atoms with Crippen LogP contribution in [0.5, 0.6) is 0 Å². The van der Waals surface area contributed by atoms with Crippen molar-refractivity contribution in [1.29, 1.82) is 0 Å². The normalized spacial score (nSPS) is 32.4. The maximum Gasteiger partial charge on any atom is 0.00985 e. The van der Waals surface area contributed by atoms with Gasteiger partial charge >= 0.3 is 0 Å². The van der Waals surface area contributed by atoms with Gasteiger partial charge in [-0.25, -0.2) is 0 Å². The summed E-state index contributed by atoms with van der Waals surface area (Å²) in [5.41, 5.74) is 1.53. The molecular formula is C15H23NS. The predicted octanol–water partition coefficient (Wildman–Crippen LogP) is 3.70. The minimum absolute atomic E-state index is 0.771. The maximum absolute atomic E-state index is 3.73. The third-order valence-corrected chi connectivity index (χ3v) is 5.37. The molecule has 2 aliphatic rings. The van der Waals surface area contributed by atoms with E-state index < -0.39 is 0 Å². The van der Waals surface area contributed by atoms with Crippen LogP contribution in [0.1, 0.15) is 38.2 Å². The Hall–Kier alpha value is -0.340. The lowest BCUT2D eigenvalue weighted by atomic mass is 9.90. The second-order valence-corrected chi connectivity index (χ2v) is 6.60. The highest BCUT2D eigenvalue weighted by molar-refractivity contribution is 7.07. The van der Waals surface area contributed by atoms with Gasteiger partial charge in [-0.05, 0) is 78.8 Å². The molecule has 2 fully saturated rings. The van der Waals surface area contributed by atoms with Gasteiger partial charge in [-0.3, -0.25) is 0 Å². The summed E-state index contributed by atoms with van der Waals surface area (Å²) in [6, 6.07) is 3.05. The fraction of sp³-hybridized carbons (Fsp3) is 0.733. The minimum atomic E-state index is 0.771. The summed E-state index contributed by atoms with van der Waals surface area (Å²) < 4.78 is 0. The molecule has 0 radical (unpaired) electrons. The predicted molar refractivity (Wildman–Crippen MR) is 74.4 cm³/mol. The van der Waals surface area contributed by atoms with Crippen LogP contribution in [0, 0.1) is 17.8 Å². The van der Waals surface area contributed by atoms with E-state index in [9.17, 15) is 0 Å². The van der Waals surface area contributed by atoms with E-state index in [4.69, 9.17) is 0 Å². The van der Waals surface area contributed by atoms with Gasteiger partial charge in [0, 0.05) is 6.04 Å². The van der Waals surface area contributed by atoms with Crippen molar-refractivity contribution in [2.75, 3.05) is 6.54 Å². The van der Waals surface area contributed by atoms with Crippen LogP contribution in [-0.4, -0.2) is 12.6 Å². The lowest BCUT2D eigenvalue weighted by Crippen LogP contribution is -2.36. The van der Waals surface area contributed by atoms with Crippen LogP contribution in [0.3, 0.4) is 0 Å². The second kappa shape index (κ2) is 5.11. The van der Waals surface area contributed by atoms with Crippen molar-refractivity contribution < 1.29 is 0 Å². The first-order valence-corrected chi connectivity index (χ1v) is 8.05. The van der Waals surface area contributed by atoms with Crippen molar-refractivity contribution in [2.45, 2.75) is 45.1 Å². The second-order valence-electron chi connectivity index (χ2n) is 5.82.